The van der Waals surface area contributed by atoms with Gasteiger partial charge in [0, 0.05) is 42.1 Å². The van der Waals surface area contributed by atoms with E-state index in [1.165, 1.54) is 78.6 Å². The van der Waals surface area contributed by atoms with E-state index < -0.39 is 0 Å². The molecule has 0 unspecified atom stereocenters. The Morgan fingerprint density at radius 3 is 2.28 bits per heavy atom. The first-order chi connectivity index (χ1) is 21.2. The summed E-state index contributed by atoms with van der Waals surface area (Å²) in [5.74, 6) is 0. The topological polar surface area (TPSA) is 6.25 Å². The summed E-state index contributed by atoms with van der Waals surface area (Å²) >= 11 is 0. The van der Waals surface area contributed by atoms with E-state index in [1.54, 1.807) is 0 Å². The Kier molecular flexibility index (Phi) is 7.61. The third-order valence-electron chi connectivity index (χ3n) is 9.65. The molecule has 4 aromatic rings. The van der Waals surface area contributed by atoms with E-state index in [1.807, 2.05) is 0 Å². The number of benzene rings is 4. The summed E-state index contributed by atoms with van der Waals surface area (Å²) in [7, 11) is 0. The molecule has 7 rings (SSSR count). The first-order valence-electron chi connectivity index (χ1n) is 16.4. The summed E-state index contributed by atoms with van der Waals surface area (Å²) < 4.78 is 2.58. The van der Waals surface area contributed by atoms with Gasteiger partial charge in [-0.25, -0.2) is 0 Å². The van der Waals surface area contributed by atoms with Crippen LogP contribution in [0.2, 0.25) is 0 Å². The molecule has 0 atom stereocenters. The fourth-order valence-electron chi connectivity index (χ4n) is 7.51. The summed E-state index contributed by atoms with van der Waals surface area (Å²) in [6.07, 6.45) is 17.5. The van der Waals surface area contributed by atoms with Gasteiger partial charge >= 0.3 is 0 Å². The molecule has 0 aromatic heterocycles. The molecule has 2 heteroatoms. The number of rotatable bonds is 7. The van der Waals surface area contributed by atoms with Crippen molar-refractivity contribution in [3.63, 3.8) is 0 Å². The lowest BCUT2D eigenvalue weighted by molar-refractivity contribution is -0.435. The molecule has 0 N–H and O–H groups in total. The summed E-state index contributed by atoms with van der Waals surface area (Å²) in [5.41, 5.74) is 13.1. The molecule has 43 heavy (non-hydrogen) atoms. The molecule has 0 spiro atoms. The summed E-state index contributed by atoms with van der Waals surface area (Å²) in [6, 6.07) is 26.9. The standard InChI is InChI=1S/C41H43N2/c1-4-25-42-36(27-34-19-17-32-11-6-8-15-38(32)40(34)42)23-21-30-13-10-14-31(29(30)3)22-24-37-28-35-20-18-33-12-7-9-16-39(33)41(35)43(37)26-5-2/h6-9,11-12,15-24H,4-5,10,13-14,25-28H2,1-3H3/q+1. The smallest absolute Gasteiger partial charge is 0.217 e. The van der Waals surface area contributed by atoms with Gasteiger partial charge < -0.3 is 4.90 Å². The Bertz CT molecular complexity index is 1880. The average molecular weight is 564 g/mol. The third-order valence-corrected chi connectivity index (χ3v) is 9.65. The SMILES string of the molecule is CCCN1/C(=C/C=C2CCCC(/C=C/C3=[N+](CCC)c4c(ccc5ccccc45)C3)=C2C)Cc2ccc3ccccc3c21. The highest BCUT2D eigenvalue weighted by molar-refractivity contribution is 6.02. The van der Waals surface area contributed by atoms with Crippen LogP contribution in [0.1, 0.15) is 64.0 Å². The molecule has 4 aromatic carbocycles. The highest BCUT2D eigenvalue weighted by Crippen LogP contribution is 2.41. The minimum absolute atomic E-state index is 1.01. The van der Waals surface area contributed by atoms with Crippen molar-refractivity contribution in [2.24, 2.45) is 0 Å². The van der Waals surface area contributed by atoms with Crippen LogP contribution in [-0.4, -0.2) is 23.4 Å². The van der Waals surface area contributed by atoms with Crippen molar-refractivity contribution < 1.29 is 4.58 Å². The van der Waals surface area contributed by atoms with Crippen LogP contribution < -0.4 is 4.90 Å². The van der Waals surface area contributed by atoms with E-state index in [0.29, 0.717) is 0 Å². The first kappa shape index (κ1) is 27.7. The molecule has 3 aliphatic rings. The van der Waals surface area contributed by atoms with Crippen LogP contribution >= 0.6 is 0 Å². The Balaban J connectivity index is 1.19. The van der Waals surface area contributed by atoms with Crippen molar-refractivity contribution in [2.75, 3.05) is 18.0 Å². The van der Waals surface area contributed by atoms with Crippen molar-refractivity contribution in [1.82, 2.24) is 0 Å². The van der Waals surface area contributed by atoms with Gasteiger partial charge in [0.1, 0.15) is 6.54 Å². The van der Waals surface area contributed by atoms with Gasteiger partial charge in [-0.3, -0.25) is 0 Å². The second-order valence-corrected chi connectivity index (χ2v) is 12.4. The lowest BCUT2D eigenvalue weighted by Gasteiger charge is -2.23. The predicted molar refractivity (Wildman–Crippen MR) is 185 cm³/mol. The van der Waals surface area contributed by atoms with Gasteiger partial charge in [-0.15, -0.1) is 0 Å². The van der Waals surface area contributed by atoms with E-state index in [2.05, 4.69) is 127 Å². The largest absolute Gasteiger partial charge is 0.344 e. The van der Waals surface area contributed by atoms with Crippen molar-refractivity contribution in [3.05, 3.63) is 131 Å². The number of fused-ring (bicyclic) bond motifs is 6. The fraction of sp³-hybridized carbons (Fsp3) is 0.293. The molecule has 0 saturated carbocycles. The van der Waals surface area contributed by atoms with Gasteiger partial charge in [-0.2, -0.15) is 4.58 Å². The molecule has 0 bridgehead atoms. The molecule has 0 radical (unpaired) electrons. The lowest BCUT2D eigenvalue weighted by atomic mass is 9.87. The molecular weight excluding hydrogens is 520 g/mol. The van der Waals surface area contributed by atoms with E-state index in [9.17, 15) is 0 Å². The first-order valence-corrected chi connectivity index (χ1v) is 16.4. The number of hydrogen-bond acceptors (Lipinski definition) is 1. The maximum atomic E-state index is 2.58. The number of nitrogens with zero attached hydrogens (tertiary/aromatic N) is 2. The maximum absolute atomic E-state index is 2.58. The van der Waals surface area contributed by atoms with Crippen LogP contribution in [0.4, 0.5) is 11.4 Å². The van der Waals surface area contributed by atoms with E-state index in [4.69, 9.17) is 0 Å². The van der Waals surface area contributed by atoms with Crippen molar-refractivity contribution in [3.8, 4) is 0 Å². The number of allylic oxidation sites excluding steroid dienone is 8. The van der Waals surface area contributed by atoms with Gasteiger partial charge in [0.15, 0.2) is 5.71 Å². The minimum Gasteiger partial charge on any atom is -0.344 e. The third kappa shape index (κ3) is 5.07. The molecule has 0 fully saturated rings. The van der Waals surface area contributed by atoms with Crippen LogP contribution in [0.5, 0.6) is 0 Å². The molecule has 2 heterocycles. The highest BCUT2D eigenvalue weighted by Gasteiger charge is 2.30. The Morgan fingerprint density at radius 1 is 0.744 bits per heavy atom. The highest BCUT2D eigenvalue weighted by atomic mass is 15.2. The van der Waals surface area contributed by atoms with Gasteiger partial charge in [-0.05, 0) is 77.8 Å². The zero-order valence-corrected chi connectivity index (χ0v) is 26.0. The summed E-state index contributed by atoms with van der Waals surface area (Å²) in [5, 5.41) is 5.42. The molecule has 1 aliphatic carbocycles. The van der Waals surface area contributed by atoms with Gasteiger partial charge in [0.2, 0.25) is 5.69 Å². The van der Waals surface area contributed by atoms with Crippen molar-refractivity contribution >= 4 is 38.6 Å². The summed E-state index contributed by atoms with van der Waals surface area (Å²) in [4.78, 5) is 2.58. The average Bonchev–Trinajstić information content (AvgIpc) is 3.58. The lowest BCUT2D eigenvalue weighted by Crippen LogP contribution is -2.19. The zero-order chi connectivity index (χ0) is 29.3. The maximum Gasteiger partial charge on any atom is 0.217 e. The van der Waals surface area contributed by atoms with Crippen molar-refractivity contribution in [1.29, 1.82) is 0 Å². The Morgan fingerprint density at radius 2 is 1.49 bits per heavy atom. The van der Waals surface area contributed by atoms with Crippen LogP contribution in [0.3, 0.4) is 0 Å². The van der Waals surface area contributed by atoms with E-state index in [0.717, 1.165) is 51.6 Å². The quantitative estimate of drug-likeness (QED) is 0.203. The fourth-order valence-corrected chi connectivity index (χ4v) is 7.51. The van der Waals surface area contributed by atoms with Crippen LogP contribution in [0.25, 0.3) is 21.5 Å². The van der Waals surface area contributed by atoms with Gasteiger partial charge in [0.05, 0.1) is 17.5 Å². The molecule has 0 saturated heterocycles. The van der Waals surface area contributed by atoms with Crippen LogP contribution in [0, 0.1) is 0 Å². The minimum atomic E-state index is 1.01. The van der Waals surface area contributed by atoms with Gasteiger partial charge in [0.25, 0.3) is 0 Å². The second-order valence-electron chi connectivity index (χ2n) is 12.4. The molecule has 2 nitrogen and oxygen atoms in total. The normalized spacial score (nSPS) is 18.7. The van der Waals surface area contributed by atoms with Crippen LogP contribution in [-0.2, 0) is 12.8 Å². The second kappa shape index (κ2) is 11.8. The summed E-state index contributed by atoms with van der Waals surface area (Å²) in [6.45, 7) is 9.04. The van der Waals surface area contributed by atoms with Gasteiger partial charge in [-0.1, -0.05) is 92.7 Å². The predicted octanol–water partition coefficient (Wildman–Crippen LogP) is 10.4. The Hall–Kier alpha value is -4.17. The number of hydrogen-bond donors (Lipinski definition) is 0. The van der Waals surface area contributed by atoms with E-state index >= 15 is 0 Å². The van der Waals surface area contributed by atoms with E-state index in [-0.39, 0.29) is 0 Å². The monoisotopic (exact) mass is 563 g/mol. The Labute approximate surface area is 257 Å². The molecule has 216 valence electrons. The number of anilines is 1. The van der Waals surface area contributed by atoms with Crippen molar-refractivity contribution in [2.45, 2.75) is 65.7 Å². The molecule has 0 amide bonds. The molecule has 2 aliphatic heterocycles. The molecular formula is C41H43N2+. The van der Waals surface area contributed by atoms with Crippen LogP contribution in [0.15, 0.2) is 120 Å². The zero-order valence-electron chi connectivity index (χ0n) is 26.0.